The van der Waals surface area contributed by atoms with E-state index in [9.17, 15) is 4.79 Å². The van der Waals surface area contributed by atoms with E-state index in [4.69, 9.17) is 0 Å². The quantitative estimate of drug-likeness (QED) is 0.890. The first-order valence-corrected chi connectivity index (χ1v) is 6.97. The minimum absolute atomic E-state index is 0.0155. The van der Waals surface area contributed by atoms with Crippen molar-refractivity contribution in [1.29, 1.82) is 0 Å². The number of aromatic nitrogens is 3. The Morgan fingerprint density at radius 1 is 1.44 bits per heavy atom. The Bertz CT molecular complexity index is 574. The fourth-order valence-electron chi connectivity index (χ4n) is 1.86. The Hall–Kier alpha value is -1.69. The highest BCUT2D eigenvalue weighted by Gasteiger charge is 2.25. The lowest BCUT2D eigenvalue weighted by molar-refractivity contribution is 0.699. The number of rotatable bonds is 5. The van der Waals surface area contributed by atoms with Crippen molar-refractivity contribution in [2.75, 3.05) is 11.9 Å². The zero-order valence-corrected chi connectivity index (χ0v) is 10.7. The van der Waals surface area contributed by atoms with Crippen LogP contribution < -0.4 is 10.9 Å². The molecule has 5 nitrogen and oxygen atoms in total. The second kappa shape index (κ2) is 4.89. The van der Waals surface area contributed by atoms with Crippen LogP contribution in [0.4, 0.5) is 5.82 Å². The van der Waals surface area contributed by atoms with Gasteiger partial charge in [-0.05, 0) is 12.8 Å². The van der Waals surface area contributed by atoms with E-state index >= 15 is 0 Å². The van der Waals surface area contributed by atoms with Crippen LogP contribution in [0.2, 0.25) is 0 Å². The molecule has 3 rings (SSSR count). The van der Waals surface area contributed by atoms with Crippen molar-refractivity contribution in [2.45, 2.75) is 25.3 Å². The van der Waals surface area contributed by atoms with E-state index in [-0.39, 0.29) is 5.56 Å². The molecule has 0 radical (unpaired) electrons. The summed E-state index contributed by atoms with van der Waals surface area (Å²) >= 11 is 1.58. The fraction of sp³-hybridized carbons (Fsp3) is 0.417. The Labute approximate surface area is 109 Å². The third-order valence-electron chi connectivity index (χ3n) is 2.97. The second-order valence-corrected chi connectivity index (χ2v) is 5.09. The molecule has 1 aliphatic carbocycles. The zero-order chi connectivity index (χ0) is 12.4. The largest absolute Gasteiger partial charge is 0.365 e. The van der Waals surface area contributed by atoms with Gasteiger partial charge in [-0.3, -0.25) is 4.79 Å². The third kappa shape index (κ3) is 2.43. The number of nitrogens with zero attached hydrogens (tertiary/aromatic N) is 3. The smallest absolute Gasteiger partial charge is 0.293 e. The lowest BCUT2D eigenvalue weighted by Crippen LogP contribution is -2.24. The molecule has 0 aromatic carbocycles. The number of hydrogen-bond acceptors (Lipinski definition) is 5. The van der Waals surface area contributed by atoms with Crippen molar-refractivity contribution in [3.63, 3.8) is 0 Å². The molecule has 2 aromatic rings. The molecule has 1 fully saturated rings. The van der Waals surface area contributed by atoms with Gasteiger partial charge >= 0.3 is 0 Å². The molecule has 6 heteroatoms. The first kappa shape index (κ1) is 11.4. The second-order valence-electron chi connectivity index (χ2n) is 4.38. The van der Waals surface area contributed by atoms with Crippen molar-refractivity contribution in [3.05, 3.63) is 39.3 Å². The summed E-state index contributed by atoms with van der Waals surface area (Å²) in [4.78, 5) is 20.4. The van der Waals surface area contributed by atoms with Gasteiger partial charge in [0.1, 0.15) is 0 Å². The molecule has 0 amide bonds. The molecule has 94 valence electrons. The zero-order valence-electron chi connectivity index (χ0n) is 9.87. The summed E-state index contributed by atoms with van der Waals surface area (Å²) in [6, 6.07) is 0.389. The van der Waals surface area contributed by atoms with E-state index in [0.29, 0.717) is 18.4 Å². The van der Waals surface area contributed by atoms with Gasteiger partial charge < -0.3 is 9.88 Å². The van der Waals surface area contributed by atoms with Crippen molar-refractivity contribution in [1.82, 2.24) is 14.5 Å². The fourth-order valence-corrected chi connectivity index (χ4v) is 2.45. The highest BCUT2D eigenvalue weighted by Crippen LogP contribution is 2.33. The summed E-state index contributed by atoms with van der Waals surface area (Å²) < 4.78 is 1.78. The number of hydrogen-bond donors (Lipinski definition) is 1. The summed E-state index contributed by atoms with van der Waals surface area (Å²) in [6.45, 7) is 0.681. The number of thiazole rings is 1. The third-order valence-corrected chi connectivity index (χ3v) is 3.60. The van der Waals surface area contributed by atoms with Crippen LogP contribution in [0.25, 0.3) is 0 Å². The molecule has 2 aromatic heterocycles. The summed E-state index contributed by atoms with van der Waals surface area (Å²) in [5, 5.41) is 5.11. The van der Waals surface area contributed by atoms with E-state index in [0.717, 1.165) is 25.0 Å². The molecule has 0 spiro atoms. The monoisotopic (exact) mass is 262 g/mol. The number of nitrogens with one attached hydrogen (secondary N) is 1. The molecule has 0 atom stereocenters. The molecule has 2 heterocycles. The van der Waals surface area contributed by atoms with Gasteiger partial charge in [0.15, 0.2) is 5.82 Å². The van der Waals surface area contributed by atoms with Crippen LogP contribution in [-0.4, -0.2) is 21.1 Å². The van der Waals surface area contributed by atoms with E-state index in [1.807, 2.05) is 10.9 Å². The van der Waals surface area contributed by atoms with Crippen molar-refractivity contribution >= 4 is 17.2 Å². The van der Waals surface area contributed by atoms with E-state index < -0.39 is 0 Å². The molecular weight excluding hydrogens is 248 g/mol. The Morgan fingerprint density at radius 3 is 3.06 bits per heavy atom. The normalized spacial score (nSPS) is 14.7. The number of anilines is 1. The van der Waals surface area contributed by atoms with Gasteiger partial charge in [-0.1, -0.05) is 0 Å². The van der Waals surface area contributed by atoms with Gasteiger partial charge in [0.2, 0.25) is 0 Å². The average molecular weight is 262 g/mol. The van der Waals surface area contributed by atoms with Crippen LogP contribution in [0.5, 0.6) is 0 Å². The van der Waals surface area contributed by atoms with Crippen molar-refractivity contribution in [2.24, 2.45) is 0 Å². The van der Waals surface area contributed by atoms with E-state index in [1.165, 1.54) is 0 Å². The first-order valence-electron chi connectivity index (χ1n) is 6.02. The molecule has 0 aliphatic heterocycles. The Kier molecular flexibility index (Phi) is 3.10. The van der Waals surface area contributed by atoms with Crippen LogP contribution in [0.15, 0.2) is 28.1 Å². The molecule has 0 bridgehead atoms. The van der Waals surface area contributed by atoms with Crippen molar-refractivity contribution in [3.8, 4) is 0 Å². The molecular formula is C12H14N4OS. The van der Waals surface area contributed by atoms with Crippen LogP contribution in [0, 0.1) is 0 Å². The predicted octanol–water partition coefficient (Wildman–Crippen LogP) is 1.69. The SMILES string of the molecule is O=c1c(NCCc2cscn2)nccn1C1CC1. The lowest BCUT2D eigenvalue weighted by atomic mass is 10.3. The van der Waals surface area contributed by atoms with Crippen molar-refractivity contribution < 1.29 is 0 Å². The molecule has 18 heavy (non-hydrogen) atoms. The van der Waals surface area contributed by atoms with Gasteiger partial charge in [0.05, 0.1) is 11.2 Å². The molecule has 1 aliphatic rings. The topological polar surface area (TPSA) is 59.8 Å². The van der Waals surface area contributed by atoms with Gasteiger partial charge in [0.25, 0.3) is 5.56 Å². The molecule has 1 N–H and O–H groups in total. The highest BCUT2D eigenvalue weighted by atomic mass is 32.1. The summed E-state index contributed by atoms with van der Waals surface area (Å²) in [6.07, 6.45) is 6.46. The maximum atomic E-state index is 12.1. The summed E-state index contributed by atoms with van der Waals surface area (Å²) in [5.74, 6) is 0.444. The van der Waals surface area contributed by atoms with Crippen LogP contribution in [0.3, 0.4) is 0 Å². The molecule has 0 unspecified atom stereocenters. The van der Waals surface area contributed by atoms with E-state index in [2.05, 4.69) is 15.3 Å². The van der Waals surface area contributed by atoms with Gasteiger partial charge in [0, 0.05) is 36.8 Å². The summed E-state index contributed by atoms with van der Waals surface area (Å²) in [5.41, 5.74) is 2.85. The van der Waals surface area contributed by atoms with Gasteiger partial charge in [-0.15, -0.1) is 11.3 Å². The Balaban J connectivity index is 1.65. The average Bonchev–Trinajstić information content (AvgIpc) is 3.09. The first-order chi connectivity index (χ1) is 8.84. The van der Waals surface area contributed by atoms with Crippen LogP contribution in [-0.2, 0) is 6.42 Å². The summed E-state index contributed by atoms with van der Waals surface area (Å²) in [7, 11) is 0. The van der Waals surface area contributed by atoms with E-state index in [1.54, 1.807) is 28.3 Å². The lowest BCUT2D eigenvalue weighted by Gasteiger charge is -2.07. The molecule has 1 saturated carbocycles. The Morgan fingerprint density at radius 2 is 2.33 bits per heavy atom. The maximum absolute atomic E-state index is 12.1. The van der Waals surface area contributed by atoms with Crippen LogP contribution in [0.1, 0.15) is 24.6 Å². The van der Waals surface area contributed by atoms with Gasteiger partial charge in [-0.2, -0.15) is 0 Å². The minimum atomic E-state index is -0.0155. The highest BCUT2D eigenvalue weighted by molar-refractivity contribution is 7.07. The minimum Gasteiger partial charge on any atom is -0.365 e. The van der Waals surface area contributed by atoms with Gasteiger partial charge in [-0.25, -0.2) is 9.97 Å². The standard InChI is InChI=1S/C12H14N4OS/c17-12-11(13-4-3-9-7-18-8-15-9)14-5-6-16(12)10-1-2-10/h5-8,10H,1-4H2,(H,13,14). The predicted molar refractivity (Wildman–Crippen MR) is 71.1 cm³/mol. The molecule has 0 saturated heterocycles. The van der Waals surface area contributed by atoms with Crippen LogP contribution >= 0.6 is 11.3 Å². The maximum Gasteiger partial charge on any atom is 0.293 e.